The standard InChI is InChI=1S/C19H35N3O3/c1-4-20-19(22-13-15(2)17(14-22)18(23)24-3)21-11-8-12-25-16-9-6-5-7-10-16/h15-17H,4-14H2,1-3H3,(H,20,21). The van der Waals surface area contributed by atoms with Gasteiger partial charge in [-0.05, 0) is 32.1 Å². The summed E-state index contributed by atoms with van der Waals surface area (Å²) >= 11 is 0. The number of hydrogen-bond acceptors (Lipinski definition) is 4. The second-order valence-corrected chi connectivity index (χ2v) is 7.23. The predicted octanol–water partition coefficient (Wildman–Crippen LogP) is 2.43. The number of nitrogens with zero attached hydrogens (tertiary/aromatic N) is 2. The van der Waals surface area contributed by atoms with E-state index in [1.807, 2.05) is 0 Å². The summed E-state index contributed by atoms with van der Waals surface area (Å²) in [6.45, 7) is 8.05. The molecular formula is C19H35N3O3. The minimum Gasteiger partial charge on any atom is -0.469 e. The Balaban J connectivity index is 1.77. The van der Waals surface area contributed by atoms with Crippen LogP contribution in [0.2, 0.25) is 0 Å². The van der Waals surface area contributed by atoms with E-state index in [-0.39, 0.29) is 17.8 Å². The van der Waals surface area contributed by atoms with Crippen LogP contribution in [0.1, 0.15) is 52.4 Å². The fourth-order valence-electron chi connectivity index (χ4n) is 3.76. The van der Waals surface area contributed by atoms with Gasteiger partial charge in [-0.1, -0.05) is 26.2 Å². The van der Waals surface area contributed by atoms with Gasteiger partial charge in [0.1, 0.15) is 0 Å². The molecule has 25 heavy (non-hydrogen) atoms. The highest BCUT2D eigenvalue weighted by molar-refractivity contribution is 5.82. The second kappa shape index (κ2) is 10.6. The molecule has 1 aliphatic heterocycles. The lowest BCUT2D eigenvalue weighted by Crippen LogP contribution is -2.40. The highest BCUT2D eigenvalue weighted by Gasteiger charge is 2.36. The van der Waals surface area contributed by atoms with Crippen molar-refractivity contribution in [3.8, 4) is 0 Å². The van der Waals surface area contributed by atoms with Crippen LogP contribution < -0.4 is 5.32 Å². The zero-order valence-corrected chi connectivity index (χ0v) is 16.1. The molecule has 2 unspecified atom stereocenters. The average molecular weight is 354 g/mol. The van der Waals surface area contributed by atoms with Crippen LogP contribution in [0, 0.1) is 11.8 Å². The van der Waals surface area contributed by atoms with E-state index in [1.54, 1.807) is 0 Å². The van der Waals surface area contributed by atoms with E-state index in [0.29, 0.717) is 12.6 Å². The Morgan fingerprint density at radius 3 is 2.68 bits per heavy atom. The summed E-state index contributed by atoms with van der Waals surface area (Å²) in [5.74, 6) is 1.000. The van der Waals surface area contributed by atoms with Gasteiger partial charge in [0.15, 0.2) is 5.96 Å². The summed E-state index contributed by atoms with van der Waals surface area (Å²) < 4.78 is 10.9. The summed E-state index contributed by atoms with van der Waals surface area (Å²) in [6.07, 6.45) is 7.81. The Bertz CT molecular complexity index is 436. The number of nitrogens with one attached hydrogen (secondary N) is 1. The third-order valence-corrected chi connectivity index (χ3v) is 5.22. The van der Waals surface area contributed by atoms with Gasteiger partial charge in [-0.2, -0.15) is 0 Å². The maximum atomic E-state index is 11.9. The number of esters is 1. The van der Waals surface area contributed by atoms with Gasteiger partial charge in [-0.15, -0.1) is 0 Å². The van der Waals surface area contributed by atoms with Gasteiger partial charge < -0.3 is 19.7 Å². The molecule has 0 bridgehead atoms. The minimum atomic E-state index is -0.119. The SMILES string of the molecule is CCNC(=NCCCOC1CCCCC1)N1CC(C)C(C(=O)OC)C1. The molecule has 0 aromatic rings. The van der Waals surface area contributed by atoms with Crippen LogP contribution in [0.25, 0.3) is 0 Å². The van der Waals surface area contributed by atoms with Gasteiger partial charge in [0, 0.05) is 32.8 Å². The van der Waals surface area contributed by atoms with Crippen molar-refractivity contribution in [3.63, 3.8) is 0 Å². The zero-order chi connectivity index (χ0) is 18.1. The van der Waals surface area contributed by atoms with Gasteiger partial charge >= 0.3 is 5.97 Å². The summed E-state index contributed by atoms with van der Waals surface area (Å²) in [4.78, 5) is 18.8. The number of guanidine groups is 1. The number of carbonyl (C=O) groups excluding carboxylic acids is 1. The zero-order valence-electron chi connectivity index (χ0n) is 16.1. The molecule has 1 heterocycles. The first-order chi connectivity index (χ1) is 12.2. The van der Waals surface area contributed by atoms with Crippen LogP contribution in [0.5, 0.6) is 0 Å². The molecule has 2 rings (SSSR count). The summed E-state index contributed by atoms with van der Waals surface area (Å²) in [6, 6.07) is 0. The third-order valence-electron chi connectivity index (χ3n) is 5.22. The molecule has 2 aliphatic rings. The normalized spacial score (nSPS) is 25.2. The first kappa shape index (κ1) is 20.0. The lowest BCUT2D eigenvalue weighted by molar-refractivity contribution is -0.145. The lowest BCUT2D eigenvalue weighted by Gasteiger charge is -2.22. The van der Waals surface area contributed by atoms with Gasteiger partial charge in [-0.3, -0.25) is 9.79 Å². The molecule has 1 saturated heterocycles. The lowest BCUT2D eigenvalue weighted by atomic mass is 9.98. The fourth-order valence-corrected chi connectivity index (χ4v) is 3.76. The molecule has 6 heteroatoms. The van der Waals surface area contributed by atoms with E-state index in [2.05, 4.69) is 24.1 Å². The summed E-state index contributed by atoms with van der Waals surface area (Å²) in [5, 5.41) is 3.35. The van der Waals surface area contributed by atoms with Crippen molar-refractivity contribution in [2.45, 2.75) is 58.5 Å². The van der Waals surface area contributed by atoms with E-state index < -0.39 is 0 Å². The van der Waals surface area contributed by atoms with Crippen molar-refractivity contribution < 1.29 is 14.3 Å². The van der Waals surface area contributed by atoms with Crippen molar-refractivity contribution in [1.82, 2.24) is 10.2 Å². The van der Waals surface area contributed by atoms with Crippen molar-refractivity contribution in [1.29, 1.82) is 0 Å². The van der Waals surface area contributed by atoms with Crippen LogP contribution in [-0.2, 0) is 14.3 Å². The van der Waals surface area contributed by atoms with Gasteiger partial charge in [0.2, 0.25) is 0 Å². The molecular weight excluding hydrogens is 318 g/mol. The Hall–Kier alpha value is -1.30. The minimum absolute atomic E-state index is 0.0662. The van der Waals surface area contributed by atoms with Gasteiger partial charge in [0.05, 0.1) is 19.1 Å². The number of carbonyl (C=O) groups is 1. The molecule has 6 nitrogen and oxygen atoms in total. The molecule has 1 aliphatic carbocycles. The third kappa shape index (κ3) is 6.17. The quantitative estimate of drug-likeness (QED) is 0.330. The van der Waals surface area contributed by atoms with E-state index in [1.165, 1.54) is 39.2 Å². The van der Waals surface area contributed by atoms with E-state index >= 15 is 0 Å². The molecule has 0 aromatic heterocycles. The number of hydrogen-bond donors (Lipinski definition) is 1. The van der Waals surface area contributed by atoms with E-state index in [4.69, 9.17) is 14.5 Å². The number of ether oxygens (including phenoxy) is 2. The topological polar surface area (TPSA) is 63.2 Å². The molecule has 1 saturated carbocycles. The first-order valence-corrected chi connectivity index (χ1v) is 9.88. The second-order valence-electron chi connectivity index (χ2n) is 7.23. The molecule has 2 atom stereocenters. The van der Waals surface area contributed by atoms with Crippen LogP contribution >= 0.6 is 0 Å². The number of methoxy groups -OCH3 is 1. The van der Waals surface area contributed by atoms with Crippen LogP contribution in [-0.4, -0.2) is 62.8 Å². The van der Waals surface area contributed by atoms with E-state index in [9.17, 15) is 4.79 Å². The molecule has 144 valence electrons. The first-order valence-electron chi connectivity index (χ1n) is 9.88. The Morgan fingerprint density at radius 1 is 1.24 bits per heavy atom. The van der Waals surface area contributed by atoms with Gasteiger partial charge in [-0.25, -0.2) is 0 Å². The van der Waals surface area contributed by atoms with Crippen molar-refractivity contribution in [3.05, 3.63) is 0 Å². The molecule has 0 aromatic carbocycles. The van der Waals surface area contributed by atoms with Crippen LogP contribution in [0.15, 0.2) is 4.99 Å². The monoisotopic (exact) mass is 353 g/mol. The van der Waals surface area contributed by atoms with Crippen molar-refractivity contribution >= 4 is 11.9 Å². The van der Waals surface area contributed by atoms with Crippen molar-refractivity contribution in [2.24, 2.45) is 16.8 Å². The molecule has 0 amide bonds. The number of aliphatic imine (C=N–C) groups is 1. The van der Waals surface area contributed by atoms with Crippen molar-refractivity contribution in [2.75, 3.05) is 39.9 Å². The average Bonchev–Trinajstić information content (AvgIpc) is 3.02. The molecule has 2 fully saturated rings. The molecule has 0 radical (unpaired) electrons. The number of rotatable bonds is 7. The predicted molar refractivity (Wildman–Crippen MR) is 99.7 cm³/mol. The van der Waals surface area contributed by atoms with Gasteiger partial charge in [0.25, 0.3) is 0 Å². The van der Waals surface area contributed by atoms with Crippen LogP contribution in [0.3, 0.4) is 0 Å². The molecule has 0 spiro atoms. The highest BCUT2D eigenvalue weighted by atomic mass is 16.5. The Morgan fingerprint density at radius 2 is 2.00 bits per heavy atom. The fraction of sp³-hybridized carbons (Fsp3) is 0.895. The Kier molecular flexibility index (Phi) is 8.52. The number of likely N-dealkylation sites (tertiary alicyclic amines) is 1. The highest BCUT2D eigenvalue weighted by Crippen LogP contribution is 2.24. The van der Waals surface area contributed by atoms with E-state index in [0.717, 1.165) is 38.6 Å². The summed E-state index contributed by atoms with van der Waals surface area (Å²) in [7, 11) is 1.46. The maximum Gasteiger partial charge on any atom is 0.310 e. The van der Waals surface area contributed by atoms with Crippen LogP contribution in [0.4, 0.5) is 0 Å². The largest absolute Gasteiger partial charge is 0.469 e. The Labute approximate surface area is 152 Å². The summed E-state index contributed by atoms with van der Waals surface area (Å²) in [5.41, 5.74) is 0. The molecule has 1 N–H and O–H groups in total. The smallest absolute Gasteiger partial charge is 0.310 e. The maximum absolute atomic E-state index is 11.9.